The van der Waals surface area contributed by atoms with Gasteiger partial charge in [0.1, 0.15) is 12.4 Å². The molecule has 0 amide bonds. The Bertz CT molecular complexity index is 1240. The lowest BCUT2D eigenvalue weighted by atomic mass is 10.1. The molecule has 12 heteroatoms. The standard InChI is InChI=1S/C21H24FN5O5S/c1-4-18-25-21(32-26-18)27-9-7-14(8-10-27)30-19-13(2)20(24-12-23-19)31-17-6-5-15(11-16(17)22)33(3,28)29/h5-6,11-12,14H,4,7-10H2,1-3H3. The highest BCUT2D eigenvalue weighted by molar-refractivity contribution is 7.90. The third-order valence-electron chi connectivity index (χ3n) is 5.29. The number of rotatable bonds is 7. The van der Waals surface area contributed by atoms with Crippen LogP contribution in [0.25, 0.3) is 0 Å². The second-order valence-electron chi connectivity index (χ2n) is 7.73. The predicted octanol–water partition coefficient (Wildman–Crippen LogP) is 3.11. The Labute approximate surface area is 190 Å². The number of piperidine rings is 1. The zero-order valence-electron chi connectivity index (χ0n) is 18.5. The number of sulfone groups is 1. The first kappa shape index (κ1) is 22.9. The summed E-state index contributed by atoms with van der Waals surface area (Å²) >= 11 is 0. The maximum atomic E-state index is 14.4. The van der Waals surface area contributed by atoms with Crippen LogP contribution in [0, 0.1) is 12.7 Å². The van der Waals surface area contributed by atoms with Crippen molar-refractivity contribution in [3.8, 4) is 17.5 Å². The Hall–Kier alpha value is -3.28. The lowest BCUT2D eigenvalue weighted by molar-refractivity contribution is 0.159. The highest BCUT2D eigenvalue weighted by Gasteiger charge is 2.25. The number of aromatic nitrogens is 4. The third-order valence-corrected chi connectivity index (χ3v) is 6.40. The third kappa shape index (κ3) is 5.21. The number of ether oxygens (including phenoxy) is 2. The molecule has 1 fully saturated rings. The number of halogens is 1. The summed E-state index contributed by atoms with van der Waals surface area (Å²) in [6.07, 6.45) is 4.37. The van der Waals surface area contributed by atoms with Crippen LogP contribution in [0.1, 0.15) is 31.2 Å². The lowest BCUT2D eigenvalue weighted by Gasteiger charge is -2.30. The van der Waals surface area contributed by atoms with E-state index >= 15 is 0 Å². The zero-order valence-corrected chi connectivity index (χ0v) is 19.3. The summed E-state index contributed by atoms with van der Waals surface area (Å²) in [6, 6.07) is 3.97. The average Bonchev–Trinajstić information content (AvgIpc) is 3.27. The van der Waals surface area contributed by atoms with Crippen molar-refractivity contribution in [3.05, 3.63) is 41.7 Å². The predicted molar refractivity (Wildman–Crippen MR) is 116 cm³/mol. The molecular weight excluding hydrogens is 453 g/mol. The van der Waals surface area contributed by atoms with E-state index in [-0.39, 0.29) is 22.6 Å². The number of benzene rings is 1. The first-order valence-electron chi connectivity index (χ1n) is 10.5. The van der Waals surface area contributed by atoms with Gasteiger partial charge in [-0.15, -0.1) is 0 Å². The Balaban J connectivity index is 1.42. The molecule has 1 aromatic carbocycles. The molecule has 3 heterocycles. The Morgan fingerprint density at radius 3 is 2.58 bits per heavy atom. The average molecular weight is 478 g/mol. The largest absolute Gasteiger partial charge is 0.474 e. The van der Waals surface area contributed by atoms with Gasteiger partial charge in [-0.1, -0.05) is 12.1 Å². The van der Waals surface area contributed by atoms with E-state index in [1.807, 2.05) is 11.8 Å². The summed E-state index contributed by atoms with van der Waals surface area (Å²) < 4.78 is 54.5. The maximum absolute atomic E-state index is 14.4. The molecule has 2 aromatic heterocycles. The molecule has 0 aliphatic carbocycles. The van der Waals surface area contributed by atoms with E-state index in [0.29, 0.717) is 42.8 Å². The van der Waals surface area contributed by atoms with E-state index < -0.39 is 15.7 Å². The van der Waals surface area contributed by atoms with Crippen LogP contribution in [-0.2, 0) is 16.3 Å². The minimum Gasteiger partial charge on any atom is -0.474 e. The van der Waals surface area contributed by atoms with Gasteiger partial charge in [0.15, 0.2) is 27.2 Å². The van der Waals surface area contributed by atoms with E-state index in [4.69, 9.17) is 14.0 Å². The SMILES string of the molecule is CCc1noc(N2CCC(Oc3ncnc(Oc4ccc(S(C)(=O)=O)cc4F)c3C)CC2)n1. The van der Waals surface area contributed by atoms with Gasteiger partial charge in [-0.25, -0.2) is 22.8 Å². The van der Waals surface area contributed by atoms with E-state index in [1.54, 1.807) is 6.92 Å². The molecule has 3 aromatic rings. The van der Waals surface area contributed by atoms with Crippen molar-refractivity contribution in [1.29, 1.82) is 0 Å². The van der Waals surface area contributed by atoms with Gasteiger partial charge in [-0.2, -0.15) is 4.98 Å². The monoisotopic (exact) mass is 477 g/mol. The molecule has 0 spiro atoms. The van der Waals surface area contributed by atoms with E-state index in [1.165, 1.54) is 18.5 Å². The highest BCUT2D eigenvalue weighted by atomic mass is 32.2. The summed E-state index contributed by atoms with van der Waals surface area (Å²) in [5, 5.41) is 3.93. The van der Waals surface area contributed by atoms with Gasteiger partial charge in [0.05, 0.1) is 10.5 Å². The number of anilines is 1. The van der Waals surface area contributed by atoms with Crippen LogP contribution in [0.3, 0.4) is 0 Å². The molecule has 1 aliphatic rings. The summed E-state index contributed by atoms with van der Waals surface area (Å²) in [4.78, 5) is 14.5. The van der Waals surface area contributed by atoms with Crippen molar-refractivity contribution < 1.29 is 26.8 Å². The van der Waals surface area contributed by atoms with Gasteiger partial charge in [0.25, 0.3) is 0 Å². The molecule has 0 saturated carbocycles. The van der Waals surface area contributed by atoms with Crippen molar-refractivity contribution >= 4 is 15.9 Å². The highest BCUT2D eigenvalue weighted by Crippen LogP contribution is 2.31. The van der Waals surface area contributed by atoms with Crippen LogP contribution < -0.4 is 14.4 Å². The quantitative estimate of drug-likeness (QED) is 0.502. The van der Waals surface area contributed by atoms with E-state index in [2.05, 4.69) is 20.1 Å². The van der Waals surface area contributed by atoms with Crippen LogP contribution >= 0.6 is 0 Å². The van der Waals surface area contributed by atoms with Gasteiger partial charge in [-0.05, 0) is 25.1 Å². The fraction of sp³-hybridized carbons (Fsp3) is 0.429. The molecular formula is C21H24FN5O5S. The van der Waals surface area contributed by atoms with Crippen LogP contribution in [-0.4, -0.2) is 54.0 Å². The van der Waals surface area contributed by atoms with E-state index in [9.17, 15) is 12.8 Å². The molecule has 0 unspecified atom stereocenters. The van der Waals surface area contributed by atoms with Gasteiger partial charge >= 0.3 is 6.01 Å². The molecule has 0 atom stereocenters. The van der Waals surface area contributed by atoms with Gasteiger partial charge in [0, 0.05) is 38.6 Å². The first-order chi connectivity index (χ1) is 15.7. The molecule has 0 radical (unpaired) electrons. The van der Waals surface area contributed by atoms with Gasteiger partial charge in [-0.3, -0.25) is 0 Å². The number of hydrogen-bond donors (Lipinski definition) is 0. The van der Waals surface area contributed by atoms with Crippen molar-refractivity contribution in [1.82, 2.24) is 20.1 Å². The Morgan fingerprint density at radius 1 is 1.21 bits per heavy atom. The fourth-order valence-corrected chi connectivity index (χ4v) is 4.01. The molecule has 0 bridgehead atoms. The van der Waals surface area contributed by atoms with Crippen molar-refractivity contribution in [2.45, 2.75) is 44.1 Å². The van der Waals surface area contributed by atoms with E-state index in [0.717, 1.165) is 25.2 Å². The summed E-state index contributed by atoms with van der Waals surface area (Å²) in [5.74, 6) is 0.196. The first-order valence-corrected chi connectivity index (χ1v) is 12.4. The van der Waals surface area contributed by atoms with Crippen molar-refractivity contribution in [2.24, 2.45) is 0 Å². The van der Waals surface area contributed by atoms with Gasteiger partial charge in [0.2, 0.25) is 11.8 Å². The molecule has 10 nitrogen and oxygen atoms in total. The molecule has 1 saturated heterocycles. The smallest absolute Gasteiger partial charge is 0.324 e. The summed E-state index contributed by atoms with van der Waals surface area (Å²) in [7, 11) is -3.53. The molecule has 33 heavy (non-hydrogen) atoms. The zero-order chi connectivity index (χ0) is 23.6. The molecule has 1 aliphatic heterocycles. The van der Waals surface area contributed by atoms with Crippen molar-refractivity contribution in [3.63, 3.8) is 0 Å². The topological polar surface area (TPSA) is 121 Å². The molecule has 0 N–H and O–H groups in total. The second-order valence-corrected chi connectivity index (χ2v) is 9.74. The number of nitrogens with zero attached hydrogens (tertiary/aromatic N) is 5. The second kappa shape index (κ2) is 9.30. The summed E-state index contributed by atoms with van der Waals surface area (Å²) in [6.45, 7) is 5.08. The lowest BCUT2D eigenvalue weighted by Crippen LogP contribution is -2.38. The number of aryl methyl sites for hydroxylation is 1. The maximum Gasteiger partial charge on any atom is 0.324 e. The Morgan fingerprint density at radius 2 is 1.94 bits per heavy atom. The van der Waals surface area contributed by atoms with Crippen molar-refractivity contribution in [2.75, 3.05) is 24.2 Å². The van der Waals surface area contributed by atoms with Crippen LogP contribution in [0.4, 0.5) is 10.4 Å². The van der Waals surface area contributed by atoms with Crippen LogP contribution in [0.15, 0.2) is 33.9 Å². The fourth-order valence-electron chi connectivity index (χ4n) is 3.38. The van der Waals surface area contributed by atoms with Crippen LogP contribution in [0.2, 0.25) is 0 Å². The molecule has 176 valence electrons. The Kier molecular flexibility index (Phi) is 6.45. The number of hydrogen-bond acceptors (Lipinski definition) is 10. The van der Waals surface area contributed by atoms with Crippen LogP contribution in [0.5, 0.6) is 17.5 Å². The molecule has 4 rings (SSSR count). The van der Waals surface area contributed by atoms with Gasteiger partial charge < -0.3 is 18.9 Å². The minimum atomic E-state index is -3.53. The minimum absolute atomic E-state index is 0.0814. The normalized spacial score (nSPS) is 15.0. The summed E-state index contributed by atoms with van der Waals surface area (Å²) in [5.41, 5.74) is 0.510.